The van der Waals surface area contributed by atoms with E-state index in [1.807, 2.05) is 48.5 Å². The molecular formula is C16H16ClNO2. The van der Waals surface area contributed by atoms with Crippen molar-refractivity contribution in [2.45, 2.75) is 13.0 Å². The summed E-state index contributed by atoms with van der Waals surface area (Å²) in [6, 6.07) is 14.8. The van der Waals surface area contributed by atoms with E-state index in [1.54, 1.807) is 7.11 Å². The van der Waals surface area contributed by atoms with Crippen LogP contribution in [0.1, 0.15) is 24.1 Å². The molecule has 1 amide bonds. The molecule has 2 aromatic rings. The predicted octanol–water partition coefficient (Wildman–Crippen LogP) is 3.57. The van der Waals surface area contributed by atoms with Gasteiger partial charge in [0.25, 0.3) is 0 Å². The zero-order valence-corrected chi connectivity index (χ0v) is 12.1. The third-order valence-corrected chi connectivity index (χ3v) is 3.36. The van der Waals surface area contributed by atoms with Crippen LogP contribution in [0.2, 0.25) is 5.02 Å². The molecule has 4 heteroatoms. The summed E-state index contributed by atoms with van der Waals surface area (Å²) in [4.78, 5) is 11.5. The molecule has 104 valence electrons. The Morgan fingerprint density at radius 1 is 1.15 bits per heavy atom. The number of hydrogen-bond donors (Lipinski definition) is 1. The van der Waals surface area contributed by atoms with Crippen LogP contribution < -0.4 is 10.1 Å². The smallest absolute Gasteiger partial charge is 0.217 e. The minimum absolute atomic E-state index is 0.106. The van der Waals surface area contributed by atoms with Gasteiger partial charge < -0.3 is 10.1 Å². The monoisotopic (exact) mass is 289 g/mol. The summed E-state index contributed by atoms with van der Waals surface area (Å²) in [5, 5.41) is 3.55. The third-order valence-electron chi connectivity index (χ3n) is 3.01. The minimum Gasteiger partial charge on any atom is -0.497 e. The van der Waals surface area contributed by atoms with Gasteiger partial charge in [-0.25, -0.2) is 0 Å². The fourth-order valence-corrected chi connectivity index (χ4v) is 2.29. The molecule has 0 unspecified atom stereocenters. The second kappa shape index (κ2) is 6.44. The SMILES string of the molecule is COc1ccc([C@H](NC(C)=O)c2ccccc2Cl)cc1. The maximum atomic E-state index is 11.5. The average Bonchev–Trinajstić information content (AvgIpc) is 2.46. The highest BCUT2D eigenvalue weighted by molar-refractivity contribution is 6.31. The topological polar surface area (TPSA) is 38.3 Å². The largest absolute Gasteiger partial charge is 0.497 e. The number of carbonyl (C=O) groups is 1. The Hall–Kier alpha value is -2.00. The average molecular weight is 290 g/mol. The number of rotatable bonds is 4. The fourth-order valence-electron chi connectivity index (χ4n) is 2.05. The van der Waals surface area contributed by atoms with Crippen LogP contribution in [0.25, 0.3) is 0 Å². The molecule has 0 bridgehead atoms. The molecule has 0 aliphatic heterocycles. The van der Waals surface area contributed by atoms with Gasteiger partial charge in [0.1, 0.15) is 5.75 Å². The van der Waals surface area contributed by atoms with Crippen molar-refractivity contribution in [1.82, 2.24) is 5.32 Å². The first-order valence-electron chi connectivity index (χ1n) is 6.27. The summed E-state index contributed by atoms with van der Waals surface area (Å²) in [5.74, 6) is 0.667. The van der Waals surface area contributed by atoms with Gasteiger partial charge in [-0.15, -0.1) is 0 Å². The Balaban J connectivity index is 2.41. The second-order valence-electron chi connectivity index (χ2n) is 4.43. The van der Waals surface area contributed by atoms with Gasteiger partial charge in [0.05, 0.1) is 13.2 Å². The van der Waals surface area contributed by atoms with Crippen molar-refractivity contribution < 1.29 is 9.53 Å². The molecule has 2 aromatic carbocycles. The number of halogens is 1. The van der Waals surface area contributed by atoms with Crippen LogP contribution in [0.3, 0.4) is 0 Å². The molecule has 1 N–H and O–H groups in total. The maximum absolute atomic E-state index is 11.5. The number of ether oxygens (including phenoxy) is 1. The van der Waals surface area contributed by atoms with Gasteiger partial charge in [-0.2, -0.15) is 0 Å². The van der Waals surface area contributed by atoms with E-state index in [2.05, 4.69) is 5.32 Å². The first kappa shape index (κ1) is 14.4. The van der Waals surface area contributed by atoms with Crippen molar-refractivity contribution in [2.75, 3.05) is 7.11 Å². The zero-order valence-electron chi connectivity index (χ0n) is 11.4. The fraction of sp³-hybridized carbons (Fsp3) is 0.188. The lowest BCUT2D eigenvalue weighted by molar-refractivity contribution is -0.119. The van der Waals surface area contributed by atoms with Crippen LogP contribution in [0.15, 0.2) is 48.5 Å². The highest BCUT2D eigenvalue weighted by Crippen LogP contribution is 2.29. The van der Waals surface area contributed by atoms with Gasteiger partial charge in [-0.05, 0) is 29.3 Å². The number of amides is 1. The molecule has 0 spiro atoms. The molecule has 3 nitrogen and oxygen atoms in total. The summed E-state index contributed by atoms with van der Waals surface area (Å²) < 4.78 is 5.15. The van der Waals surface area contributed by atoms with Crippen molar-refractivity contribution in [3.8, 4) is 5.75 Å². The van der Waals surface area contributed by atoms with Crippen molar-refractivity contribution >= 4 is 17.5 Å². The number of methoxy groups -OCH3 is 1. The van der Waals surface area contributed by atoms with E-state index in [0.29, 0.717) is 5.02 Å². The minimum atomic E-state index is -0.271. The Bertz CT molecular complexity index is 596. The molecule has 0 aliphatic carbocycles. The Kier molecular flexibility index (Phi) is 4.64. The highest BCUT2D eigenvalue weighted by atomic mass is 35.5. The standard InChI is InChI=1S/C16H16ClNO2/c1-11(19)18-16(14-5-3-4-6-15(14)17)12-7-9-13(20-2)10-8-12/h3-10,16H,1-2H3,(H,18,19)/t16-/m0/s1. The quantitative estimate of drug-likeness (QED) is 0.934. The summed E-state index contributed by atoms with van der Waals surface area (Å²) in [5.41, 5.74) is 1.82. The van der Waals surface area contributed by atoms with Gasteiger partial charge in [0.15, 0.2) is 0 Å². The summed E-state index contributed by atoms with van der Waals surface area (Å²) in [7, 11) is 1.62. The summed E-state index contributed by atoms with van der Waals surface area (Å²) in [6.45, 7) is 1.49. The molecule has 0 aromatic heterocycles. The molecule has 0 saturated heterocycles. The number of carbonyl (C=O) groups excluding carboxylic acids is 1. The molecule has 0 aliphatic rings. The molecule has 0 radical (unpaired) electrons. The predicted molar refractivity (Wildman–Crippen MR) is 80.1 cm³/mol. The third kappa shape index (κ3) is 3.31. The van der Waals surface area contributed by atoms with Crippen molar-refractivity contribution in [1.29, 1.82) is 0 Å². The van der Waals surface area contributed by atoms with E-state index in [1.165, 1.54) is 6.92 Å². The van der Waals surface area contributed by atoms with Gasteiger partial charge in [0.2, 0.25) is 5.91 Å². The molecule has 0 heterocycles. The van der Waals surface area contributed by atoms with Gasteiger partial charge in [-0.1, -0.05) is 41.9 Å². The van der Waals surface area contributed by atoms with E-state index in [9.17, 15) is 4.79 Å². The maximum Gasteiger partial charge on any atom is 0.217 e. The van der Waals surface area contributed by atoms with E-state index in [0.717, 1.165) is 16.9 Å². The van der Waals surface area contributed by atoms with Gasteiger partial charge in [-0.3, -0.25) is 4.79 Å². The van der Waals surface area contributed by atoms with Crippen LogP contribution in [-0.2, 0) is 4.79 Å². The zero-order chi connectivity index (χ0) is 14.5. The van der Waals surface area contributed by atoms with E-state index < -0.39 is 0 Å². The van der Waals surface area contributed by atoms with Crippen molar-refractivity contribution in [2.24, 2.45) is 0 Å². The Labute approximate surface area is 123 Å². The first-order chi connectivity index (χ1) is 9.61. The van der Waals surface area contributed by atoms with E-state index >= 15 is 0 Å². The van der Waals surface area contributed by atoms with Crippen molar-refractivity contribution in [3.63, 3.8) is 0 Å². The van der Waals surface area contributed by atoms with Crippen LogP contribution in [0.4, 0.5) is 0 Å². The summed E-state index contributed by atoms with van der Waals surface area (Å²) >= 11 is 6.23. The molecule has 2 rings (SSSR count). The molecule has 0 saturated carbocycles. The number of nitrogens with one attached hydrogen (secondary N) is 1. The normalized spacial score (nSPS) is 11.8. The highest BCUT2D eigenvalue weighted by Gasteiger charge is 2.17. The van der Waals surface area contributed by atoms with Crippen LogP contribution >= 0.6 is 11.6 Å². The Morgan fingerprint density at radius 2 is 1.80 bits per heavy atom. The summed E-state index contributed by atoms with van der Waals surface area (Å²) in [6.07, 6.45) is 0. The lowest BCUT2D eigenvalue weighted by Gasteiger charge is -2.20. The molecular weight excluding hydrogens is 274 g/mol. The van der Waals surface area contributed by atoms with Gasteiger partial charge in [0, 0.05) is 11.9 Å². The van der Waals surface area contributed by atoms with Crippen LogP contribution in [-0.4, -0.2) is 13.0 Å². The van der Waals surface area contributed by atoms with Crippen molar-refractivity contribution in [3.05, 3.63) is 64.7 Å². The van der Waals surface area contributed by atoms with Crippen LogP contribution in [0, 0.1) is 0 Å². The Morgan fingerprint density at radius 3 is 2.35 bits per heavy atom. The lowest BCUT2D eigenvalue weighted by Crippen LogP contribution is -2.27. The van der Waals surface area contributed by atoms with E-state index in [4.69, 9.17) is 16.3 Å². The molecule has 20 heavy (non-hydrogen) atoms. The second-order valence-corrected chi connectivity index (χ2v) is 4.84. The lowest BCUT2D eigenvalue weighted by atomic mass is 9.98. The number of hydrogen-bond acceptors (Lipinski definition) is 2. The van der Waals surface area contributed by atoms with Crippen LogP contribution in [0.5, 0.6) is 5.75 Å². The molecule has 1 atom stereocenters. The molecule has 0 fully saturated rings. The number of benzene rings is 2. The first-order valence-corrected chi connectivity index (χ1v) is 6.65. The van der Waals surface area contributed by atoms with E-state index in [-0.39, 0.29) is 11.9 Å². The van der Waals surface area contributed by atoms with Gasteiger partial charge >= 0.3 is 0 Å².